The quantitative estimate of drug-likeness (QED) is 0.678. The number of carbonyl (C=O) groups excluding carboxylic acids is 2. The van der Waals surface area contributed by atoms with E-state index in [0.717, 1.165) is 14.8 Å². The van der Waals surface area contributed by atoms with E-state index in [4.69, 9.17) is 9.47 Å². The Morgan fingerprint density at radius 3 is 2.50 bits per heavy atom. The lowest BCUT2D eigenvalue weighted by Crippen LogP contribution is -2.42. The van der Waals surface area contributed by atoms with Crippen LogP contribution < -0.4 is 5.32 Å². The summed E-state index contributed by atoms with van der Waals surface area (Å²) in [6.45, 7) is 7.80. The number of anilines is 1. The van der Waals surface area contributed by atoms with Crippen LogP contribution in [0.25, 0.3) is 0 Å². The molecule has 0 fully saturated rings. The average molecular weight is 448 g/mol. The maximum Gasteiger partial charge on any atom is 0.410 e. The van der Waals surface area contributed by atoms with Crippen LogP contribution in [0.5, 0.6) is 0 Å². The van der Waals surface area contributed by atoms with E-state index in [0.29, 0.717) is 6.61 Å². The summed E-state index contributed by atoms with van der Waals surface area (Å²) in [5.41, 5.74) is 1.08. The summed E-state index contributed by atoms with van der Waals surface area (Å²) < 4.78 is 11.4. The van der Waals surface area contributed by atoms with Crippen molar-refractivity contribution >= 4 is 40.3 Å². The molecule has 0 aliphatic heterocycles. The lowest BCUT2D eigenvalue weighted by molar-refractivity contribution is -0.117. The SMILES string of the molecule is COCCN(CC(=O)Nc1ccc(I)cc1C)C(=O)OC(C)(C)C. The minimum Gasteiger partial charge on any atom is -0.444 e. The third-order valence-corrected chi connectivity index (χ3v) is 3.69. The summed E-state index contributed by atoms with van der Waals surface area (Å²) in [6, 6.07) is 5.74. The molecule has 0 aromatic heterocycles. The summed E-state index contributed by atoms with van der Waals surface area (Å²) in [5, 5.41) is 2.83. The van der Waals surface area contributed by atoms with Gasteiger partial charge in [-0.3, -0.25) is 9.69 Å². The standard InChI is InChI=1S/C17H25IN2O4/c1-12-10-13(18)6-7-14(12)19-15(21)11-20(8-9-23-5)16(22)24-17(2,3)4/h6-7,10H,8-9,11H2,1-5H3,(H,19,21). The molecule has 7 heteroatoms. The number of rotatable bonds is 6. The fraction of sp³-hybridized carbons (Fsp3) is 0.529. The van der Waals surface area contributed by atoms with Crippen LogP contribution in [-0.4, -0.2) is 49.3 Å². The first-order valence-corrected chi connectivity index (χ1v) is 8.73. The Morgan fingerprint density at radius 1 is 1.29 bits per heavy atom. The van der Waals surface area contributed by atoms with Crippen molar-refractivity contribution < 1.29 is 19.1 Å². The molecule has 0 atom stereocenters. The van der Waals surface area contributed by atoms with E-state index in [1.807, 2.05) is 25.1 Å². The Balaban J connectivity index is 2.74. The van der Waals surface area contributed by atoms with Crippen molar-refractivity contribution in [1.29, 1.82) is 0 Å². The summed E-state index contributed by atoms with van der Waals surface area (Å²) >= 11 is 2.22. The summed E-state index contributed by atoms with van der Waals surface area (Å²) in [5.74, 6) is -0.277. The van der Waals surface area contributed by atoms with Crippen LogP contribution in [0.1, 0.15) is 26.3 Å². The second-order valence-electron chi connectivity index (χ2n) is 6.40. The van der Waals surface area contributed by atoms with Crippen LogP contribution in [0.2, 0.25) is 0 Å². The van der Waals surface area contributed by atoms with Crippen molar-refractivity contribution in [3.05, 3.63) is 27.3 Å². The van der Waals surface area contributed by atoms with Gasteiger partial charge in [-0.1, -0.05) is 0 Å². The van der Waals surface area contributed by atoms with Crippen molar-refractivity contribution in [3.63, 3.8) is 0 Å². The van der Waals surface area contributed by atoms with Crippen molar-refractivity contribution in [2.75, 3.05) is 32.1 Å². The number of hydrogen-bond acceptors (Lipinski definition) is 4. The molecule has 134 valence electrons. The Bertz CT molecular complexity index is 584. The van der Waals surface area contributed by atoms with Crippen LogP contribution >= 0.6 is 22.6 Å². The van der Waals surface area contributed by atoms with Gasteiger partial charge in [-0.05, 0) is 74.0 Å². The Labute approximate surface area is 157 Å². The van der Waals surface area contributed by atoms with Gasteiger partial charge >= 0.3 is 6.09 Å². The second kappa shape index (κ2) is 9.22. The summed E-state index contributed by atoms with van der Waals surface area (Å²) in [7, 11) is 1.54. The molecule has 0 aliphatic carbocycles. The highest BCUT2D eigenvalue weighted by molar-refractivity contribution is 14.1. The lowest BCUT2D eigenvalue weighted by atomic mass is 10.2. The smallest absolute Gasteiger partial charge is 0.410 e. The highest BCUT2D eigenvalue weighted by Crippen LogP contribution is 2.18. The zero-order chi connectivity index (χ0) is 18.3. The highest BCUT2D eigenvalue weighted by Gasteiger charge is 2.24. The van der Waals surface area contributed by atoms with E-state index in [1.165, 1.54) is 4.90 Å². The van der Waals surface area contributed by atoms with Gasteiger partial charge in [0.1, 0.15) is 12.1 Å². The molecule has 0 saturated carbocycles. The van der Waals surface area contributed by atoms with Gasteiger partial charge < -0.3 is 14.8 Å². The summed E-state index contributed by atoms with van der Waals surface area (Å²) in [4.78, 5) is 25.9. The van der Waals surface area contributed by atoms with Gasteiger partial charge in [-0.15, -0.1) is 0 Å². The number of benzene rings is 1. The molecule has 0 saturated heterocycles. The predicted molar refractivity (Wildman–Crippen MR) is 102 cm³/mol. The van der Waals surface area contributed by atoms with E-state index in [1.54, 1.807) is 27.9 Å². The molecule has 6 nitrogen and oxygen atoms in total. The predicted octanol–water partition coefficient (Wildman–Crippen LogP) is 3.42. The number of aryl methyl sites for hydroxylation is 1. The Morgan fingerprint density at radius 2 is 1.96 bits per heavy atom. The van der Waals surface area contributed by atoms with Crippen molar-refractivity contribution in [2.24, 2.45) is 0 Å². The van der Waals surface area contributed by atoms with E-state index in [2.05, 4.69) is 27.9 Å². The van der Waals surface area contributed by atoms with Crippen LogP contribution in [0.15, 0.2) is 18.2 Å². The summed E-state index contributed by atoms with van der Waals surface area (Å²) in [6.07, 6.45) is -0.533. The lowest BCUT2D eigenvalue weighted by Gasteiger charge is -2.27. The first-order valence-electron chi connectivity index (χ1n) is 7.65. The van der Waals surface area contributed by atoms with E-state index in [9.17, 15) is 9.59 Å². The van der Waals surface area contributed by atoms with Gasteiger partial charge in [0, 0.05) is 22.9 Å². The number of amides is 2. The average Bonchev–Trinajstić information content (AvgIpc) is 2.44. The van der Waals surface area contributed by atoms with Crippen molar-refractivity contribution in [1.82, 2.24) is 4.90 Å². The molecule has 0 bridgehead atoms. The van der Waals surface area contributed by atoms with Gasteiger partial charge in [0.2, 0.25) is 5.91 Å². The molecule has 1 aromatic rings. The van der Waals surface area contributed by atoms with Gasteiger partial charge in [0.25, 0.3) is 0 Å². The van der Waals surface area contributed by atoms with Gasteiger partial charge in [0.15, 0.2) is 0 Å². The molecule has 2 amide bonds. The first-order chi connectivity index (χ1) is 11.1. The molecular formula is C17H25IN2O4. The fourth-order valence-corrected chi connectivity index (χ4v) is 2.54. The number of hydrogen-bond donors (Lipinski definition) is 1. The van der Waals surface area contributed by atoms with Crippen molar-refractivity contribution in [3.8, 4) is 0 Å². The largest absolute Gasteiger partial charge is 0.444 e. The maximum atomic E-state index is 12.3. The van der Waals surface area contributed by atoms with Crippen LogP contribution in [0, 0.1) is 10.5 Å². The highest BCUT2D eigenvalue weighted by atomic mass is 127. The zero-order valence-electron chi connectivity index (χ0n) is 14.8. The number of nitrogens with zero attached hydrogens (tertiary/aromatic N) is 1. The molecule has 0 heterocycles. The molecule has 0 radical (unpaired) electrons. The molecule has 0 spiro atoms. The molecule has 24 heavy (non-hydrogen) atoms. The van der Waals surface area contributed by atoms with Crippen molar-refractivity contribution in [2.45, 2.75) is 33.3 Å². The monoisotopic (exact) mass is 448 g/mol. The number of ether oxygens (including phenoxy) is 2. The maximum absolute atomic E-state index is 12.3. The van der Waals surface area contributed by atoms with Crippen LogP contribution in [0.3, 0.4) is 0 Å². The minimum atomic E-state index is -0.619. The fourth-order valence-electron chi connectivity index (χ4n) is 1.89. The topological polar surface area (TPSA) is 67.9 Å². The molecule has 1 rings (SSSR count). The number of carbonyl (C=O) groups is 2. The Kier molecular flexibility index (Phi) is 7.95. The normalized spacial score (nSPS) is 11.1. The third-order valence-electron chi connectivity index (χ3n) is 3.01. The molecule has 0 aliphatic rings. The third kappa shape index (κ3) is 7.48. The molecule has 1 N–H and O–H groups in total. The van der Waals surface area contributed by atoms with Gasteiger partial charge in [0.05, 0.1) is 6.61 Å². The van der Waals surface area contributed by atoms with E-state index < -0.39 is 11.7 Å². The molecule has 0 unspecified atom stereocenters. The zero-order valence-corrected chi connectivity index (χ0v) is 17.0. The first kappa shape index (κ1) is 20.7. The molecular weight excluding hydrogens is 423 g/mol. The van der Waals surface area contributed by atoms with Gasteiger partial charge in [-0.25, -0.2) is 4.79 Å². The minimum absolute atomic E-state index is 0.0936. The number of halogens is 1. The number of methoxy groups -OCH3 is 1. The van der Waals surface area contributed by atoms with E-state index >= 15 is 0 Å². The number of nitrogens with one attached hydrogen (secondary N) is 1. The second-order valence-corrected chi connectivity index (χ2v) is 7.65. The molecule has 1 aromatic carbocycles. The van der Waals surface area contributed by atoms with Gasteiger partial charge in [-0.2, -0.15) is 0 Å². The van der Waals surface area contributed by atoms with E-state index in [-0.39, 0.29) is 19.0 Å². The van der Waals surface area contributed by atoms with Crippen LogP contribution in [0.4, 0.5) is 10.5 Å². The Hall–Kier alpha value is -1.35. The van der Waals surface area contributed by atoms with Crippen LogP contribution in [-0.2, 0) is 14.3 Å².